The molecular weight excluding hydrogens is 323 g/mol. The van der Waals surface area contributed by atoms with Crippen molar-refractivity contribution in [2.24, 2.45) is 0 Å². The molecular formula is C15H14BrFN2O. The van der Waals surface area contributed by atoms with E-state index in [0.29, 0.717) is 15.7 Å². The summed E-state index contributed by atoms with van der Waals surface area (Å²) in [6.07, 6.45) is 1.55. The Bertz CT molecular complexity index is 633. The number of carbonyl (C=O) groups excluding carboxylic acids is 1. The minimum atomic E-state index is -0.351. The molecule has 20 heavy (non-hydrogen) atoms. The van der Waals surface area contributed by atoms with E-state index in [4.69, 9.17) is 0 Å². The fourth-order valence-electron chi connectivity index (χ4n) is 1.94. The fraction of sp³-hybridized carbons (Fsp3) is 0.200. The average molecular weight is 337 g/mol. The minimum absolute atomic E-state index is 0.177. The van der Waals surface area contributed by atoms with Gasteiger partial charge in [-0.25, -0.2) is 9.37 Å². The van der Waals surface area contributed by atoms with E-state index in [1.165, 1.54) is 11.0 Å². The molecule has 3 nitrogen and oxygen atoms in total. The lowest BCUT2D eigenvalue weighted by atomic mass is 10.1. The van der Waals surface area contributed by atoms with Gasteiger partial charge >= 0.3 is 0 Å². The maximum absolute atomic E-state index is 13.8. The third-order valence-corrected chi connectivity index (χ3v) is 3.66. The van der Waals surface area contributed by atoms with Crippen molar-refractivity contribution in [3.63, 3.8) is 0 Å². The van der Waals surface area contributed by atoms with Crippen LogP contribution in [-0.4, -0.2) is 22.8 Å². The first-order valence-corrected chi connectivity index (χ1v) is 6.93. The summed E-state index contributed by atoms with van der Waals surface area (Å²) < 4.78 is 14.4. The Balaban J connectivity index is 2.25. The molecule has 0 aliphatic heterocycles. The molecule has 0 radical (unpaired) electrons. The molecule has 1 aromatic carbocycles. The zero-order chi connectivity index (χ0) is 14.7. The third-order valence-electron chi connectivity index (χ3n) is 3.23. The number of pyridine rings is 1. The van der Waals surface area contributed by atoms with Gasteiger partial charge in [-0.05, 0) is 41.1 Å². The number of benzene rings is 1. The number of aromatic nitrogens is 1. The quantitative estimate of drug-likeness (QED) is 0.798. The van der Waals surface area contributed by atoms with Crippen LogP contribution in [0.15, 0.2) is 47.2 Å². The summed E-state index contributed by atoms with van der Waals surface area (Å²) in [4.78, 5) is 17.9. The van der Waals surface area contributed by atoms with Crippen molar-refractivity contribution in [3.05, 3.63) is 64.1 Å². The van der Waals surface area contributed by atoms with Crippen LogP contribution in [0.2, 0.25) is 0 Å². The number of nitrogens with zero attached hydrogens (tertiary/aromatic N) is 2. The molecule has 1 aromatic heterocycles. The van der Waals surface area contributed by atoms with Gasteiger partial charge in [0.1, 0.15) is 10.4 Å². The normalized spacial score (nSPS) is 12.0. The number of halogens is 2. The number of rotatable bonds is 3. The number of hydrogen-bond donors (Lipinski definition) is 0. The molecule has 1 heterocycles. The molecule has 0 aliphatic carbocycles. The summed E-state index contributed by atoms with van der Waals surface area (Å²) in [7, 11) is 1.66. The standard InChI is InChI=1S/C15H14BrFN2O/c1-10(12-5-3-4-6-13(12)17)19(2)15(20)11-7-8-18-14(16)9-11/h3-10H,1-2H3. The van der Waals surface area contributed by atoms with E-state index >= 15 is 0 Å². The highest BCUT2D eigenvalue weighted by atomic mass is 79.9. The van der Waals surface area contributed by atoms with Crippen LogP contribution in [0.4, 0.5) is 4.39 Å². The van der Waals surface area contributed by atoms with Gasteiger partial charge in [0.2, 0.25) is 0 Å². The first-order chi connectivity index (χ1) is 9.50. The molecule has 5 heteroatoms. The van der Waals surface area contributed by atoms with Gasteiger partial charge < -0.3 is 4.90 Å². The fourth-order valence-corrected chi connectivity index (χ4v) is 2.30. The molecule has 0 saturated carbocycles. The van der Waals surface area contributed by atoms with E-state index in [0.717, 1.165) is 0 Å². The molecule has 0 spiro atoms. The molecule has 104 valence electrons. The highest BCUT2D eigenvalue weighted by Crippen LogP contribution is 2.23. The Hall–Kier alpha value is -1.75. The van der Waals surface area contributed by atoms with Gasteiger partial charge in [-0.15, -0.1) is 0 Å². The Kier molecular flexibility index (Phi) is 4.49. The van der Waals surface area contributed by atoms with Gasteiger partial charge in [0.05, 0.1) is 6.04 Å². The third kappa shape index (κ3) is 3.04. The lowest BCUT2D eigenvalue weighted by Gasteiger charge is -2.25. The average Bonchev–Trinajstić information content (AvgIpc) is 2.45. The van der Waals surface area contributed by atoms with Gasteiger partial charge in [-0.2, -0.15) is 0 Å². The lowest BCUT2D eigenvalue weighted by Crippen LogP contribution is -2.30. The van der Waals surface area contributed by atoms with E-state index in [1.807, 2.05) is 0 Å². The number of hydrogen-bond acceptors (Lipinski definition) is 2. The molecule has 1 amide bonds. The Morgan fingerprint density at radius 1 is 1.35 bits per heavy atom. The minimum Gasteiger partial charge on any atom is -0.335 e. The molecule has 0 fully saturated rings. The summed E-state index contributed by atoms with van der Waals surface area (Å²) >= 11 is 3.23. The topological polar surface area (TPSA) is 33.2 Å². The summed E-state index contributed by atoms with van der Waals surface area (Å²) in [5.74, 6) is -0.487. The second kappa shape index (κ2) is 6.13. The van der Waals surface area contributed by atoms with Gasteiger partial charge in [-0.3, -0.25) is 4.79 Å². The van der Waals surface area contributed by atoms with Crippen molar-refractivity contribution >= 4 is 21.8 Å². The molecule has 0 saturated heterocycles. The highest BCUT2D eigenvalue weighted by Gasteiger charge is 2.21. The van der Waals surface area contributed by atoms with Gasteiger partial charge in [0.25, 0.3) is 5.91 Å². The maximum atomic E-state index is 13.8. The smallest absolute Gasteiger partial charge is 0.254 e. The van der Waals surface area contributed by atoms with Crippen molar-refractivity contribution in [1.29, 1.82) is 0 Å². The van der Waals surface area contributed by atoms with Crippen LogP contribution in [0.5, 0.6) is 0 Å². The monoisotopic (exact) mass is 336 g/mol. The Morgan fingerprint density at radius 3 is 2.70 bits per heavy atom. The van der Waals surface area contributed by atoms with E-state index in [1.54, 1.807) is 50.5 Å². The zero-order valence-electron chi connectivity index (χ0n) is 11.2. The summed E-state index contributed by atoms with van der Waals surface area (Å²) in [5, 5.41) is 0. The highest BCUT2D eigenvalue weighted by molar-refractivity contribution is 9.10. The molecule has 0 aliphatic rings. The van der Waals surface area contributed by atoms with Crippen molar-refractivity contribution in [3.8, 4) is 0 Å². The first kappa shape index (κ1) is 14.7. The molecule has 0 N–H and O–H groups in total. The van der Waals surface area contributed by atoms with Crippen LogP contribution in [0.3, 0.4) is 0 Å². The molecule has 2 aromatic rings. The van der Waals surface area contributed by atoms with Crippen LogP contribution < -0.4 is 0 Å². The van der Waals surface area contributed by atoms with Crippen molar-refractivity contribution < 1.29 is 9.18 Å². The summed E-state index contributed by atoms with van der Waals surface area (Å²) in [6, 6.07) is 9.41. The van der Waals surface area contributed by atoms with Crippen molar-refractivity contribution in [2.75, 3.05) is 7.05 Å². The van der Waals surface area contributed by atoms with Gasteiger partial charge in [-0.1, -0.05) is 18.2 Å². The maximum Gasteiger partial charge on any atom is 0.254 e. The second-order valence-corrected chi connectivity index (χ2v) is 5.29. The van der Waals surface area contributed by atoms with Crippen LogP contribution in [0.25, 0.3) is 0 Å². The predicted molar refractivity (Wildman–Crippen MR) is 78.8 cm³/mol. The van der Waals surface area contributed by atoms with Crippen LogP contribution in [-0.2, 0) is 0 Å². The van der Waals surface area contributed by atoms with E-state index < -0.39 is 0 Å². The lowest BCUT2D eigenvalue weighted by molar-refractivity contribution is 0.0740. The summed E-state index contributed by atoms with van der Waals surface area (Å²) in [5.41, 5.74) is 1.01. The van der Waals surface area contributed by atoms with Gasteiger partial charge in [0, 0.05) is 24.4 Å². The number of carbonyl (C=O) groups is 1. The number of amides is 1. The van der Waals surface area contributed by atoms with Gasteiger partial charge in [0.15, 0.2) is 0 Å². The molecule has 1 atom stereocenters. The van der Waals surface area contributed by atoms with Crippen LogP contribution >= 0.6 is 15.9 Å². The Labute approximate surface area is 125 Å². The van der Waals surface area contributed by atoms with E-state index in [-0.39, 0.29) is 17.8 Å². The molecule has 0 bridgehead atoms. The van der Waals surface area contributed by atoms with Crippen molar-refractivity contribution in [1.82, 2.24) is 9.88 Å². The van der Waals surface area contributed by atoms with Crippen LogP contribution in [0.1, 0.15) is 28.9 Å². The molecule has 1 unspecified atom stereocenters. The van der Waals surface area contributed by atoms with Crippen LogP contribution in [0, 0.1) is 5.82 Å². The predicted octanol–water partition coefficient (Wildman–Crippen LogP) is 3.82. The largest absolute Gasteiger partial charge is 0.335 e. The van der Waals surface area contributed by atoms with E-state index in [2.05, 4.69) is 20.9 Å². The SMILES string of the molecule is CC(c1ccccc1F)N(C)C(=O)c1ccnc(Br)c1. The zero-order valence-corrected chi connectivity index (χ0v) is 12.8. The van der Waals surface area contributed by atoms with Crippen molar-refractivity contribution in [2.45, 2.75) is 13.0 Å². The summed E-state index contributed by atoms with van der Waals surface area (Å²) in [6.45, 7) is 1.80. The molecule has 2 rings (SSSR count). The van der Waals surface area contributed by atoms with E-state index in [9.17, 15) is 9.18 Å². The Morgan fingerprint density at radius 2 is 2.05 bits per heavy atom. The first-order valence-electron chi connectivity index (χ1n) is 6.14. The second-order valence-electron chi connectivity index (χ2n) is 4.48.